The molecule has 19 heavy (non-hydrogen) atoms. The van der Waals surface area contributed by atoms with Crippen LogP contribution in [0.5, 0.6) is 0 Å². The Morgan fingerprint density at radius 2 is 2.16 bits per heavy atom. The predicted molar refractivity (Wildman–Crippen MR) is 78.0 cm³/mol. The van der Waals surface area contributed by atoms with Gasteiger partial charge in [-0.15, -0.1) is 0 Å². The average Bonchev–Trinajstić information content (AvgIpc) is 2.84. The first-order chi connectivity index (χ1) is 9.31. The first-order valence-electron chi connectivity index (χ1n) is 5.95. The number of nitrogens with one attached hydrogen (secondary N) is 1. The molecular formula is C13H12BrN5. The minimum Gasteiger partial charge on any atom is -0.368 e. The van der Waals surface area contributed by atoms with Gasteiger partial charge < -0.3 is 5.32 Å². The summed E-state index contributed by atoms with van der Waals surface area (Å²) >= 11 is 3.37. The van der Waals surface area contributed by atoms with Gasteiger partial charge in [0, 0.05) is 18.9 Å². The quantitative estimate of drug-likeness (QED) is 0.803. The lowest BCUT2D eigenvalue weighted by Crippen LogP contribution is -2.11. The Bertz CT molecular complexity index is 694. The highest BCUT2D eigenvalue weighted by atomic mass is 79.9. The first-order valence-corrected chi connectivity index (χ1v) is 6.74. The minimum absolute atomic E-state index is 0.771. The highest BCUT2D eigenvalue weighted by Crippen LogP contribution is 2.12. The van der Waals surface area contributed by atoms with Gasteiger partial charge in [-0.05, 0) is 40.2 Å². The van der Waals surface area contributed by atoms with Crippen LogP contribution in [0.4, 0.5) is 5.82 Å². The van der Waals surface area contributed by atoms with Crippen LogP contribution in [-0.2, 0) is 6.54 Å². The van der Waals surface area contributed by atoms with Crippen molar-refractivity contribution in [1.29, 1.82) is 0 Å². The summed E-state index contributed by atoms with van der Waals surface area (Å²) in [7, 11) is 0. The third-order valence-electron chi connectivity index (χ3n) is 2.70. The zero-order valence-corrected chi connectivity index (χ0v) is 11.7. The molecule has 1 N–H and O–H groups in total. The van der Waals surface area contributed by atoms with Gasteiger partial charge in [0.15, 0.2) is 0 Å². The maximum atomic E-state index is 4.50. The van der Waals surface area contributed by atoms with Crippen molar-refractivity contribution in [1.82, 2.24) is 19.7 Å². The van der Waals surface area contributed by atoms with E-state index in [-0.39, 0.29) is 0 Å². The van der Waals surface area contributed by atoms with Crippen molar-refractivity contribution in [2.24, 2.45) is 0 Å². The summed E-state index contributed by atoms with van der Waals surface area (Å²) in [6.07, 6.45) is 5.49. The molecule has 0 amide bonds. The number of aromatic nitrogens is 4. The predicted octanol–water partition coefficient (Wildman–Crippen LogP) is 2.70. The summed E-state index contributed by atoms with van der Waals surface area (Å²) in [4.78, 5) is 8.74. The molecule has 0 unspecified atom stereocenters. The van der Waals surface area contributed by atoms with Crippen molar-refractivity contribution < 1.29 is 0 Å². The molecule has 3 aromatic heterocycles. The number of anilines is 1. The van der Waals surface area contributed by atoms with Gasteiger partial charge in [-0.3, -0.25) is 9.67 Å². The molecule has 0 saturated heterocycles. The molecule has 3 aromatic rings. The molecule has 96 valence electrons. The van der Waals surface area contributed by atoms with Crippen LogP contribution in [0.1, 0.15) is 0 Å². The second kappa shape index (κ2) is 5.36. The highest BCUT2D eigenvalue weighted by Gasteiger charge is 1.99. The summed E-state index contributed by atoms with van der Waals surface area (Å²) in [6, 6.07) is 7.75. The monoisotopic (exact) mass is 317 g/mol. The van der Waals surface area contributed by atoms with Gasteiger partial charge in [0.05, 0.1) is 28.2 Å². The normalized spacial score (nSPS) is 10.8. The van der Waals surface area contributed by atoms with Crippen molar-refractivity contribution in [2.45, 2.75) is 6.54 Å². The fourth-order valence-electron chi connectivity index (χ4n) is 1.81. The van der Waals surface area contributed by atoms with E-state index in [9.17, 15) is 0 Å². The standard InChI is InChI=1S/C13H12BrN5/c14-10-8-17-19(9-10)7-6-16-13-4-3-11-12(18-13)2-1-5-15-11/h1-5,8-9H,6-7H2,(H,16,18). The number of hydrogen-bond donors (Lipinski definition) is 1. The van der Waals surface area contributed by atoms with Crippen molar-refractivity contribution in [2.75, 3.05) is 11.9 Å². The molecule has 0 radical (unpaired) electrons. The molecular weight excluding hydrogens is 306 g/mol. The minimum atomic E-state index is 0.771. The topological polar surface area (TPSA) is 55.6 Å². The van der Waals surface area contributed by atoms with E-state index < -0.39 is 0 Å². The molecule has 0 aliphatic heterocycles. The van der Waals surface area contributed by atoms with E-state index in [1.165, 1.54) is 0 Å². The summed E-state index contributed by atoms with van der Waals surface area (Å²) in [6.45, 7) is 1.56. The molecule has 0 spiro atoms. The maximum absolute atomic E-state index is 4.50. The second-order valence-electron chi connectivity index (χ2n) is 4.09. The zero-order valence-electron chi connectivity index (χ0n) is 10.1. The molecule has 3 heterocycles. The molecule has 0 atom stereocenters. The van der Waals surface area contributed by atoms with E-state index in [2.05, 4.69) is 36.3 Å². The lowest BCUT2D eigenvalue weighted by molar-refractivity contribution is 0.637. The number of fused-ring (bicyclic) bond motifs is 1. The molecule has 0 aliphatic carbocycles. The molecule has 0 aromatic carbocycles. The Morgan fingerprint density at radius 3 is 3.00 bits per heavy atom. The van der Waals surface area contributed by atoms with E-state index in [1.54, 1.807) is 12.4 Å². The fraction of sp³-hybridized carbons (Fsp3) is 0.154. The van der Waals surface area contributed by atoms with Crippen LogP contribution in [0, 0.1) is 0 Å². The van der Waals surface area contributed by atoms with Crippen LogP contribution < -0.4 is 5.32 Å². The van der Waals surface area contributed by atoms with E-state index >= 15 is 0 Å². The average molecular weight is 318 g/mol. The number of hydrogen-bond acceptors (Lipinski definition) is 4. The number of nitrogens with zero attached hydrogens (tertiary/aromatic N) is 4. The number of rotatable bonds is 4. The molecule has 6 heteroatoms. The lowest BCUT2D eigenvalue weighted by Gasteiger charge is -2.06. The van der Waals surface area contributed by atoms with E-state index in [0.29, 0.717) is 0 Å². The van der Waals surface area contributed by atoms with Crippen LogP contribution in [0.3, 0.4) is 0 Å². The third-order valence-corrected chi connectivity index (χ3v) is 3.11. The van der Waals surface area contributed by atoms with Gasteiger partial charge >= 0.3 is 0 Å². The van der Waals surface area contributed by atoms with Crippen molar-refractivity contribution >= 4 is 32.8 Å². The smallest absolute Gasteiger partial charge is 0.126 e. The Balaban J connectivity index is 1.65. The summed E-state index contributed by atoms with van der Waals surface area (Å²) < 4.78 is 2.86. The van der Waals surface area contributed by atoms with Gasteiger partial charge in [-0.2, -0.15) is 5.10 Å². The Hall–Kier alpha value is -1.95. The largest absolute Gasteiger partial charge is 0.368 e. The van der Waals surface area contributed by atoms with E-state index in [1.807, 2.05) is 35.1 Å². The summed E-state index contributed by atoms with van der Waals surface area (Å²) in [5.41, 5.74) is 1.80. The SMILES string of the molecule is Brc1cnn(CCNc2ccc3ncccc3n2)c1. The third kappa shape index (κ3) is 2.90. The Kier molecular flexibility index (Phi) is 3.41. The lowest BCUT2D eigenvalue weighted by atomic mass is 10.3. The van der Waals surface area contributed by atoms with Crippen LogP contribution >= 0.6 is 15.9 Å². The highest BCUT2D eigenvalue weighted by molar-refractivity contribution is 9.10. The van der Waals surface area contributed by atoms with Gasteiger partial charge in [0.1, 0.15) is 5.82 Å². The molecule has 0 bridgehead atoms. The first kappa shape index (κ1) is 12.1. The molecule has 3 rings (SSSR count). The van der Waals surface area contributed by atoms with E-state index in [0.717, 1.165) is 34.4 Å². The van der Waals surface area contributed by atoms with Crippen LogP contribution in [0.15, 0.2) is 47.3 Å². The van der Waals surface area contributed by atoms with Crippen LogP contribution in [0.25, 0.3) is 11.0 Å². The van der Waals surface area contributed by atoms with Crippen LogP contribution in [-0.4, -0.2) is 26.3 Å². The van der Waals surface area contributed by atoms with Crippen molar-refractivity contribution in [3.05, 3.63) is 47.3 Å². The molecule has 0 aliphatic rings. The van der Waals surface area contributed by atoms with Gasteiger partial charge in [0.25, 0.3) is 0 Å². The van der Waals surface area contributed by atoms with Gasteiger partial charge in [0.2, 0.25) is 0 Å². The Morgan fingerprint density at radius 1 is 1.21 bits per heavy atom. The summed E-state index contributed by atoms with van der Waals surface area (Å²) in [5.74, 6) is 0.853. The van der Waals surface area contributed by atoms with Gasteiger partial charge in [-0.1, -0.05) is 0 Å². The second-order valence-corrected chi connectivity index (χ2v) is 5.00. The molecule has 0 fully saturated rings. The van der Waals surface area contributed by atoms with Gasteiger partial charge in [-0.25, -0.2) is 4.98 Å². The van der Waals surface area contributed by atoms with Crippen LogP contribution in [0.2, 0.25) is 0 Å². The fourth-order valence-corrected chi connectivity index (χ4v) is 2.14. The maximum Gasteiger partial charge on any atom is 0.126 e. The van der Waals surface area contributed by atoms with E-state index in [4.69, 9.17) is 0 Å². The number of pyridine rings is 2. The summed E-state index contributed by atoms with van der Waals surface area (Å²) in [5, 5.41) is 7.48. The molecule has 5 nitrogen and oxygen atoms in total. The Labute approximate surface area is 118 Å². The zero-order chi connectivity index (χ0) is 13.1. The van der Waals surface area contributed by atoms with Crippen molar-refractivity contribution in [3.8, 4) is 0 Å². The molecule has 0 saturated carbocycles. The van der Waals surface area contributed by atoms with Crippen molar-refractivity contribution in [3.63, 3.8) is 0 Å². The number of halogens is 1.